The summed E-state index contributed by atoms with van der Waals surface area (Å²) in [6, 6.07) is 6.33. The molecule has 2 aliphatic rings. The first kappa shape index (κ1) is 32.0. The highest BCUT2D eigenvalue weighted by Gasteiger charge is 2.42. The molecule has 0 aromatic heterocycles. The van der Waals surface area contributed by atoms with Gasteiger partial charge in [-0.25, -0.2) is 4.79 Å². The third-order valence-electron chi connectivity index (χ3n) is 8.13. The van der Waals surface area contributed by atoms with E-state index in [2.05, 4.69) is 6.92 Å². The molecule has 11 heteroatoms. The number of carbonyl (C=O) groups is 3. The highest BCUT2D eigenvalue weighted by Crippen LogP contribution is 2.35. The summed E-state index contributed by atoms with van der Waals surface area (Å²) in [6.45, 7) is 5.74. The molecule has 2 fully saturated rings. The van der Waals surface area contributed by atoms with Crippen molar-refractivity contribution in [2.45, 2.75) is 71.0 Å². The molecule has 1 aromatic rings. The SMILES string of the molecule is CC1CCC(N(CCCN(C)C(=O)C2CN(C(=O)NCC(F)(F)F)C[C@H]2c2ccc(Cl)cc2)C(=O)C(C)C)CC1. The van der Waals surface area contributed by atoms with Crippen molar-refractivity contribution in [3.8, 4) is 0 Å². The zero-order valence-electron chi connectivity index (χ0n) is 23.8. The molecule has 7 nitrogen and oxygen atoms in total. The smallest absolute Gasteiger partial charge is 0.345 e. The number of alkyl halides is 3. The number of hydrogen-bond acceptors (Lipinski definition) is 3. The van der Waals surface area contributed by atoms with E-state index in [0.29, 0.717) is 30.5 Å². The molecule has 1 aliphatic heterocycles. The lowest BCUT2D eigenvalue weighted by Gasteiger charge is -2.37. The van der Waals surface area contributed by atoms with E-state index in [1.165, 1.54) is 4.90 Å². The largest absolute Gasteiger partial charge is 0.405 e. The number of halogens is 4. The van der Waals surface area contributed by atoms with Gasteiger partial charge >= 0.3 is 12.2 Å². The summed E-state index contributed by atoms with van der Waals surface area (Å²) in [6.07, 6.45) is 0.274. The molecule has 0 spiro atoms. The number of carbonyl (C=O) groups excluding carboxylic acids is 3. The molecule has 3 rings (SSSR count). The van der Waals surface area contributed by atoms with Crippen LogP contribution in [0.15, 0.2) is 24.3 Å². The summed E-state index contributed by atoms with van der Waals surface area (Å²) in [5, 5.41) is 2.44. The van der Waals surface area contributed by atoms with Crippen molar-refractivity contribution in [2.75, 3.05) is 39.8 Å². The normalized spacial score (nSPS) is 23.3. The number of benzene rings is 1. The molecule has 1 heterocycles. The standard InChI is InChI=1S/C29H42ClF3N4O3/c1-19(2)26(38)37(23-12-6-20(3)7-13-23)15-5-14-35(4)27(39)25-17-36(28(40)34-18-29(31,32)33)16-24(25)21-8-10-22(30)11-9-21/h8-11,19-20,23-25H,5-7,12-18H2,1-4H3,(H,34,40)/t20?,23?,24-,25?/m0/s1. The van der Waals surface area contributed by atoms with E-state index < -0.39 is 24.7 Å². The van der Waals surface area contributed by atoms with Crippen LogP contribution in [0.25, 0.3) is 0 Å². The van der Waals surface area contributed by atoms with Crippen LogP contribution in [0.5, 0.6) is 0 Å². The van der Waals surface area contributed by atoms with Crippen molar-refractivity contribution in [3.05, 3.63) is 34.9 Å². The summed E-state index contributed by atoms with van der Waals surface area (Å²) < 4.78 is 38.0. The van der Waals surface area contributed by atoms with Crippen molar-refractivity contribution >= 4 is 29.4 Å². The van der Waals surface area contributed by atoms with E-state index >= 15 is 0 Å². The second-order valence-corrected chi connectivity index (χ2v) is 12.1. The molecule has 1 aliphatic carbocycles. The van der Waals surface area contributed by atoms with Crippen LogP contribution in [0.1, 0.15) is 64.4 Å². The molecule has 1 saturated carbocycles. The van der Waals surface area contributed by atoms with Gasteiger partial charge in [-0.2, -0.15) is 13.2 Å². The summed E-state index contributed by atoms with van der Waals surface area (Å²) in [4.78, 5) is 44.0. The Balaban J connectivity index is 1.66. The van der Waals surface area contributed by atoms with Crippen molar-refractivity contribution in [3.63, 3.8) is 0 Å². The molecule has 0 bridgehead atoms. The van der Waals surface area contributed by atoms with Gasteiger partial charge in [-0.05, 0) is 55.7 Å². The third-order valence-corrected chi connectivity index (χ3v) is 8.39. The monoisotopic (exact) mass is 586 g/mol. The third kappa shape index (κ3) is 8.75. The van der Waals surface area contributed by atoms with Gasteiger partial charge in [0.2, 0.25) is 11.8 Å². The van der Waals surface area contributed by atoms with Crippen LogP contribution in [0.3, 0.4) is 0 Å². The van der Waals surface area contributed by atoms with Crippen LogP contribution in [0.4, 0.5) is 18.0 Å². The Labute approximate surface area is 240 Å². The number of rotatable bonds is 9. The Bertz CT molecular complexity index is 1010. The number of nitrogens with one attached hydrogen (secondary N) is 1. The first-order valence-corrected chi connectivity index (χ1v) is 14.5. The average Bonchev–Trinajstić information content (AvgIpc) is 3.35. The number of hydrogen-bond donors (Lipinski definition) is 1. The lowest BCUT2D eigenvalue weighted by molar-refractivity contribution is -0.138. The fourth-order valence-corrected chi connectivity index (χ4v) is 5.91. The predicted octanol–water partition coefficient (Wildman–Crippen LogP) is 5.54. The molecule has 224 valence electrons. The Hall–Kier alpha value is -2.49. The van der Waals surface area contributed by atoms with Gasteiger partial charge in [0.25, 0.3) is 0 Å². The molecule has 1 aromatic carbocycles. The van der Waals surface area contributed by atoms with Crippen molar-refractivity contribution in [1.29, 1.82) is 0 Å². The van der Waals surface area contributed by atoms with Gasteiger partial charge in [0.15, 0.2) is 0 Å². The van der Waals surface area contributed by atoms with Crippen LogP contribution in [0, 0.1) is 17.8 Å². The summed E-state index contributed by atoms with van der Waals surface area (Å²) in [5.41, 5.74) is 0.794. The lowest BCUT2D eigenvalue weighted by atomic mass is 9.86. The Kier molecular flexibility index (Phi) is 11.1. The van der Waals surface area contributed by atoms with Crippen LogP contribution in [0.2, 0.25) is 5.02 Å². The van der Waals surface area contributed by atoms with E-state index in [0.717, 1.165) is 31.2 Å². The van der Waals surface area contributed by atoms with Gasteiger partial charge in [0, 0.05) is 56.1 Å². The first-order valence-electron chi connectivity index (χ1n) is 14.2. The molecule has 1 saturated heterocycles. The highest BCUT2D eigenvalue weighted by molar-refractivity contribution is 6.30. The topological polar surface area (TPSA) is 73.0 Å². The molecule has 0 radical (unpaired) electrons. The number of likely N-dealkylation sites (tertiary alicyclic amines) is 1. The number of amides is 4. The maximum Gasteiger partial charge on any atom is 0.405 e. The maximum atomic E-state index is 13.6. The molecule has 4 amide bonds. The summed E-state index contributed by atoms with van der Waals surface area (Å²) >= 11 is 6.03. The second-order valence-electron chi connectivity index (χ2n) is 11.7. The lowest BCUT2D eigenvalue weighted by Crippen LogP contribution is -2.46. The van der Waals surface area contributed by atoms with E-state index in [1.54, 1.807) is 36.2 Å². The average molecular weight is 587 g/mol. The van der Waals surface area contributed by atoms with Gasteiger partial charge in [0.1, 0.15) is 6.54 Å². The second kappa shape index (κ2) is 13.9. The zero-order chi connectivity index (χ0) is 29.6. The van der Waals surface area contributed by atoms with Crippen LogP contribution in [-0.4, -0.2) is 84.5 Å². The van der Waals surface area contributed by atoms with Gasteiger partial charge in [0.05, 0.1) is 5.92 Å². The Morgan fingerprint density at radius 2 is 1.68 bits per heavy atom. The number of urea groups is 1. The minimum atomic E-state index is -4.53. The quantitative estimate of drug-likeness (QED) is 0.413. The molecule has 1 unspecified atom stereocenters. The summed E-state index contributed by atoms with van der Waals surface area (Å²) in [5.74, 6) is -0.479. The fraction of sp³-hybridized carbons (Fsp3) is 0.690. The molecular formula is C29H42ClF3N4O3. The minimum Gasteiger partial charge on any atom is -0.345 e. The Morgan fingerprint density at radius 3 is 2.25 bits per heavy atom. The Morgan fingerprint density at radius 1 is 1.05 bits per heavy atom. The van der Waals surface area contributed by atoms with Gasteiger partial charge in [-0.1, -0.05) is 44.5 Å². The van der Waals surface area contributed by atoms with E-state index in [1.807, 2.05) is 24.1 Å². The van der Waals surface area contributed by atoms with Gasteiger partial charge < -0.3 is 20.0 Å². The van der Waals surface area contributed by atoms with Crippen molar-refractivity contribution in [2.24, 2.45) is 17.8 Å². The molecule has 40 heavy (non-hydrogen) atoms. The molecule has 2 atom stereocenters. The minimum absolute atomic E-state index is 0.0123. The van der Waals surface area contributed by atoms with E-state index in [4.69, 9.17) is 11.6 Å². The van der Waals surface area contributed by atoms with Gasteiger partial charge in [-0.15, -0.1) is 0 Å². The van der Waals surface area contributed by atoms with Crippen LogP contribution in [-0.2, 0) is 9.59 Å². The van der Waals surface area contributed by atoms with E-state index in [9.17, 15) is 27.6 Å². The predicted molar refractivity (Wildman–Crippen MR) is 149 cm³/mol. The number of nitrogens with zero attached hydrogens (tertiary/aromatic N) is 3. The van der Waals surface area contributed by atoms with Crippen LogP contribution >= 0.6 is 11.6 Å². The first-order chi connectivity index (χ1) is 18.8. The summed E-state index contributed by atoms with van der Waals surface area (Å²) in [7, 11) is 1.70. The van der Waals surface area contributed by atoms with E-state index in [-0.39, 0.29) is 42.8 Å². The van der Waals surface area contributed by atoms with Crippen molar-refractivity contribution in [1.82, 2.24) is 20.0 Å². The fourth-order valence-electron chi connectivity index (χ4n) is 5.79. The zero-order valence-corrected chi connectivity index (χ0v) is 24.6. The van der Waals surface area contributed by atoms with Gasteiger partial charge in [-0.3, -0.25) is 9.59 Å². The van der Waals surface area contributed by atoms with Crippen LogP contribution < -0.4 is 5.32 Å². The van der Waals surface area contributed by atoms with Crippen molar-refractivity contribution < 1.29 is 27.6 Å². The highest BCUT2D eigenvalue weighted by atomic mass is 35.5. The molecular weight excluding hydrogens is 545 g/mol. The molecule has 1 N–H and O–H groups in total. The maximum absolute atomic E-state index is 13.6.